The lowest BCUT2D eigenvalue weighted by molar-refractivity contribution is -0.122. The van der Waals surface area contributed by atoms with Crippen molar-refractivity contribution in [1.82, 2.24) is 10.2 Å². The summed E-state index contributed by atoms with van der Waals surface area (Å²) >= 11 is 0. The highest BCUT2D eigenvalue weighted by atomic mass is 16.6. The molecule has 0 aromatic heterocycles. The van der Waals surface area contributed by atoms with Crippen LogP contribution < -0.4 is 14.8 Å². The van der Waals surface area contributed by atoms with E-state index in [0.717, 1.165) is 43.9 Å². The molecule has 1 amide bonds. The Labute approximate surface area is 144 Å². The van der Waals surface area contributed by atoms with Gasteiger partial charge in [-0.15, -0.1) is 0 Å². The molecule has 1 aromatic rings. The van der Waals surface area contributed by atoms with Crippen LogP contribution in [0.25, 0.3) is 0 Å². The third kappa shape index (κ3) is 4.20. The lowest BCUT2D eigenvalue weighted by Gasteiger charge is -2.26. The van der Waals surface area contributed by atoms with Gasteiger partial charge in [0.2, 0.25) is 5.91 Å². The number of nitrogens with zero attached hydrogens (tertiary/aromatic N) is 1. The van der Waals surface area contributed by atoms with Crippen molar-refractivity contribution in [1.29, 1.82) is 0 Å². The van der Waals surface area contributed by atoms with E-state index in [-0.39, 0.29) is 11.9 Å². The molecule has 1 fully saturated rings. The number of rotatable bonds is 6. The van der Waals surface area contributed by atoms with Gasteiger partial charge in [-0.3, -0.25) is 9.69 Å². The molecule has 3 rings (SSSR count). The van der Waals surface area contributed by atoms with E-state index in [1.54, 1.807) is 0 Å². The van der Waals surface area contributed by atoms with Crippen molar-refractivity contribution >= 4 is 5.91 Å². The summed E-state index contributed by atoms with van der Waals surface area (Å²) in [5.74, 6) is 2.38. The molecule has 1 unspecified atom stereocenters. The first kappa shape index (κ1) is 17.1. The Kier molecular flexibility index (Phi) is 5.61. The van der Waals surface area contributed by atoms with Crippen molar-refractivity contribution in [3.8, 4) is 11.5 Å². The maximum Gasteiger partial charge on any atom is 0.234 e. The van der Waals surface area contributed by atoms with Gasteiger partial charge in [0.15, 0.2) is 11.5 Å². The highest BCUT2D eigenvalue weighted by molar-refractivity contribution is 5.78. The Balaban J connectivity index is 1.60. The zero-order valence-corrected chi connectivity index (χ0v) is 14.7. The summed E-state index contributed by atoms with van der Waals surface area (Å²) in [6, 6.07) is 6.46. The molecule has 2 heterocycles. The van der Waals surface area contributed by atoms with E-state index in [1.807, 2.05) is 6.07 Å². The molecule has 1 aromatic carbocycles. The van der Waals surface area contributed by atoms with Crippen molar-refractivity contribution in [2.24, 2.45) is 5.92 Å². The van der Waals surface area contributed by atoms with Crippen LogP contribution in [0.3, 0.4) is 0 Å². The summed E-state index contributed by atoms with van der Waals surface area (Å²) < 4.78 is 11.3. The average Bonchev–Trinajstić information content (AvgIpc) is 3.02. The summed E-state index contributed by atoms with van der Waals surface area (Å²) in [4.78, 5) is 14.5. The minimum Gasteiger partial charge on any atom is -0.486 e. The first-order chi connectivity index (χ1) is 11.6. The smallest absolute Gasteiger partial charge is 0.234 e. The number of ether oxygens (including phenoxy) is 2. The van der Waals surface area contributed by atoms with Crippen molar-refractivity contribution in [3.05, 3.63) is 23.8 Å². The Morgan fingerprint density at radius 2 is 2.08 bits per heavy atom. The number of fused-ring (bicyclic) bond motifs is 1. The van der Waals surface area contributed by atoms with E-state index >= 15 is 0 Å². The maximum absolute atomic E-state index is 12.2. The normalized spacial score (nSPS) is 20.4. The molecule has 24 heavy (non-hydrogen) atoms. The van der Waals surface area contributed by atoms with Crippen LogP contribution in [0.1, 0.15) is 44.7 Å². The van der Waals surface area contributed by atoms with Gasteiger partial charge in [0, 0.05) is 12.6 Å². The van der Waals surface area contributed by atoms with E-state index < -0.39 is 0 Å². The van der Waals surface area contributed by atoms with Gasteiger partial charge in [-0.25, -0.2) is 0 Å². The van der Waals surface area contributed by atoms with E-state index in [0.29, 0.717) is 25.7 Å². The van der Waals surface area contributed by atoms with Gasteiger partial charge < -0.3 is 14.8 Å². The molecule has 0 spiro atoms. The highest BCUT2D eigenvalue weighted by Crippen LogP contribution is 2.37. The Hall–Kier alpha value is -1.75. The van der Waals surface area contributed by atoms with Crippen LogP contribution in [0.5, 0.6) is 11.5 Å². The first-order valence-corrected chi connectivity index (χ1v) is 9.04. The molecule has 1 saturated heterocycles. The summed E-state index contributed by atoms with van der Waals surface area (Å²) in [6.07, 6.45) is 3.23. The van der Waals surface area contributed by atoms with Crippen molar-refractivity contribution in [2.45, 2.75) is 39.2 Å². The molecule has 2 aliphatic heterocycles. The molecule has 1 atom stereocenters. The zero-order valence-electron chi connectivity index (χ0n) is 14.7. The molecule has 0 aliphatic carbocycles. The molecule has 2 aliphatic rings. The number of carbonyl (C=O) groups excluding carboxylic acids is 1. The molecule has 0 radical (unpaired) electrons. The Bertz CT molecular complexity index is 574. The largest absolute Gasteiger partial charge is 0.486 e. The van der Waals surface area contributed by atoms with Gasteiger partial charge in [-0.2, -0.15) is 0 Å². The molecular weight excluding hydrogens is 304 g/mol. The molecule has 5 heteroatoms. The van der Waals surface area contributed by atoms with Crippen LogP contribution in [0.2, 0.25) is 0 Å². The maximum atomic E-state index is 12.2. The average molecular weight is 332 g/mol. The van der Waals surface area contributed by atoms with E-state index in [4.69, 9.17) is 9.47 Å². The van der Waals surface area contributed by atoms with E-state index in [2.05, 4.69) is 36.2 Å². The monoisotopic (exact) mass is 332 g/mol. The Morgan fingerprint density at radius 3 is 2.88 bits per heavy atom. The third-order valence-corrected chi connectivity index (χ3v) is 4.71. The number of hydrogen-bond donors (Lipinski definition) is 1. The number of benzene rings is 1. The van der Waals surface area contributed by atoms with Crippen LogP contribution in [-0.4, -0.2) is 43.7 Å². The van der Waals surface area contributed by atoms with Gasteiger partial charge in [-0.05, 0) is 49.4 Å². The van der Waals surface area contributed by atoms with Crippen molar-refractivity contribution in [3.63, 3.8) is 0 Å². The van der Waals surface area contributed by atoms with Crippen molar-refractivity contribution < 1.29 is 14.3 Å². The molecule has 132 valence electrons. The van der Waals surface area contributed by atoms with Gasteiger partial charge in [0.05, 0.1) is 6.54 Å². The van der Waals surface area contributed by atoms with Crippen LogP contribution in [0, 0.1) is 5.92 Å². The van der Waals surface area contributed by atoms with E-state index in [9.17, 15) is 4.79 Å². The zero-order chi connectivity index (χ0) is 16.9. The SMILES string of the molecule is CC(C)CCNC(=O)CN1CCCC1c1ccc2c(c1)OCCO2. The fourth-order valence-corrected chi connectivity index (χ4v) is 3.40. The first-order valence-electron chi connectivity index (χ1n) is 9.04. The van der Waals surface area contributed by atoms with Crippen molar-refractivity contribution in [2.75, 3.05) is 32.8 Å². The number of amides is 1. The number of carbonyl (C=O) groups is 1. The quantitative estimate of drug-likeness (QED) is 0.870. The number of nitrogens with one attached hydrogen (secondary N) is 1. The van der Waals surface area contributed by atoms with Crippen LogP contribution in [-0.2, 0) is 4.79 Å². The lowest BCUT2D eigenvalue weighted by Crippen LogP contribution is -2.37. The fraction of sp³-hybridized carbons (Fsp3) is 0.632. The second-order valence-corrected chi connectivity index (χ2v) is 7.06. The summed E-state index contributed by atoms with van der Waals surface area (Å²) in [5, 5.41) is 3.04. The van der Waals surface area contributed by atoms with Gasteiger partial charge in [-0.1, -0.05) is 19.9 Å². The third-order valence-electron chi connectivity index (χ3n) is 4.71. The van der Waals surface area contributed by atoms with Gasteiger partial charge >= 0.3 is 0 Å². The predicted octanol–water partition coefficient (Wildman–Crippen LogP) is 2.76. The molecule has 5 nitrogen and oxygen atoms in total. The number of likely N-dealkylation sites (tertiary alicyclic amines) is 1. The minimum absolute atomic E-state index is 0.125. The minimum atomic E-state index is 0.125. The second-order valence-electron chi connectivity index (χ2n) is 7.06. The highest BCUT2D eigenvalue weighted by Gasteiger charge is 2.28. The van der Waals surface area contributed by atoms with Gasteiger partial charge in [0.1, 0.15) is 13.2 Å². The van der Waals surface area contributed by atoms with E-state index in [1.165, 1.54) is 5.56 Å². The van der Waals surface area contributed by atoms with Crippen LogP contribution in [0.4, 0.5) is 0 Å². The Morgan fingerprint density at radius 1 is 1.29 bits per heavy atom. The predicted molar refractivity (Wildman–Crippen MR) is 93.4 cm³/mol. The standard InChI is InChI=1S/C19H28N2O3/c1-14(2)7-8-20-19(22)13-21-9-3-4-16(21)15-5-6-17-18(12-15)24-11-10-23-17/h5-6,12,14,16H,3-4,7-11,13H2,1-2H3,(H,20,22). The number of hydrogen-bond acceptors (Lipinski definition) is 4. The molecule has 0 bridgehead atoms. The molecular formula is C19H28N2O3. The van der Waals surface area contributed by atoms with Gasteiger partial charge in [0.25, 0.3) is 0 Å². The van der Waals surface area contributed by atoms with Crippen LogP contribution >= 0.6 is 0 Å². The second kappa shape index (κ2) is 7.88. The lowest BCUT2D eigenvalue weighted by atomic mass is 10.0. The molecule has 0 saturated carbocycles. The summed E-state index contributed by atoms with van der Waals surface area (Å²) in [7, 11) is 0. The molecule has 1 N–H and O–H groups in total. The van der Waals surface area contributed by atoms with Crippen LogP contribution in [0.15, 0.2) is 18.2 Å². The topological polar surface area (TPSA) is 50.8 Å². The summed E-state index contributed by atoms with van der Waals surface area (Å²) in [5.41, 5.74) is 1.21. The fourth-order valence-electron chi connectivity index (χ4n) is 3.40. The summed E-state index contributed by atoms with van der Waals surface area (Å²) in [6.45, 7) is 7.75.